The molecule has 0 radical (unpaired) electrons. The molecule has 0 aromatic carbocycles. The van der Waals surface area contributed by atoms with Gasteiger partial charge in [-0.1, -0.05) is 20.8 Å². The molecule has 3 heteroatoms. The maximum Gasteiger partial charge on any atom is 0.359 e. The molecule has 1 aliphatic heterocycles. The van der Waals surface area contributed by atoms with Gasteiger partial charge in [-0.3, -0.25) is 0 Å². The average Bonchev–Trinajstić information content (AvgIpc) is 2.00. The summed E-state index contributed by atoms with van der Waals surface area (Å²) in [6.07, 6.45) is 2.32. The summed E-state index contributed by atoms with van der Waals surface area (Å²) < 4.78 is 0.710. The summed E-state index contributed by atoms with van der Waals surface area (Å²) in [6, 6.07) is 0. The van der Waals surface area contributed by atoms with Crippen molar-refractivity contribution in [3.8, 4) is 0 Å². The van der Waals surface area contributed by atoms with Gasteiger partial charge in [0.1, 0.15) is 0 Å². The van der Waals surface area contributed by atoms with Crippen LogP contribution >= 0.6 is 0 Å². The number of quaternary nitrogens is 1. The first kappa shape index (κ1) is 12.5. The molecular weight excluding hydrogens is 190 g/mol. The molecule has 0 aromatic rings. The molecule has 1 N–H and O–H groups in total. The summed E-state index contributed by atoms with van der Waals surface area (Å²) in [4.78, 5) is 10.7. The van der Waals surface area contributed by atoms with Crippen molar-refractivity contribution < 1.29 is 14.4 Å². The Bertz CT molecular complexity index is 234. The Morgan fingerprint density at radius 1 is 1.33 bits per heavy atom. The molecule has 0 atom stereocenters. The number of nitrogens with zero attached hydrogens (tertiary/aromatic N) is 1. The molecule has 3 nitrogen and oxygen atoms in total. The van der Waals surface area contributed by atoms with Crippen LogP contribution in [-0.4, -0.2) is 42.2 Å². The van der Waals surface area contributed by atoms with Gasteiger partial charge in [0.15, 0.2) is 6.54 Å². The van der Waals surface area contributed by atoms with Crippen molar-refractivity contribution in [3.05, 3.63) is 0 Å². The van der Waals surface area contributed by atoms with Crippen LogP contribution in [0.1, 0.15) is 33.6 Å². The van der Waals surface area contributed by atoms with Crippen molar-refractivity contribution in [2.45, 2.75) is 33.6 Å². The quantitative estimate of drug-likeness (QED) is 0.714. The maximum atomic E-state index is 10.7. The average molecular weight is 214 g/mol. The number of carboxylic acids is 1. The van der Waals surface area contributed by atoms with Gasteiger partial charge in [-0.15, -0.1) is 0 Å². The Morgan fingerprint density at radius 3 is 2.13 bits per heavy atom. The van der Waals surface area contributed by atoms with E-state index in [-0.39, 0.29) is 6.54 Å². The first-order chi connectivity index (χ1) is 6.73. The second-order valence-electron chi connectivity index (χ2n) is 6.26. The van der Waals surface area contributed by atoms with Gasteiger partial charge in [0.25, 0.3) is 0 Å². The van der Waals surface area contributed by atoms with Crippen LogP contribution in [0.2, 0.25) is 0 Å². The SMILES string of the molecule is CC(C)(C)C1CC[N+](C)(CC(=O)O)CC1. The highest BCUT2D eigenvalue weighted by atomic mass is 16.4. The minimum absolute atomic E-state index is 0.275. The second-order valence-corrected chi connectivity index (χ2v) is 6.26. The standard InChI is InChI=1S/C12H23NO2/c1-12(2,3)10-5-7-13(4,8-6-10)9-11(14)15/h10H,5-9H2,1-4H3/p+1. The molecule has 88 valence electrons. The van der Waals surface area contributed by atoms with E-state index in [2.05, 4.69) is 27.8 Å². The molecule has 1 aliphatic rings. The van der Waals surface area contributed by atoms with Gasteiger partial charge in [-0.25, -0.2) is 4.79 Å². The van der Waals surface area contributed by atoms with E-state index in [0.717, 1.165) is 31.8 Å². The molecule has 0 spiro atoms. The van der Waals surface area contributed by atoms with Gasteiger partial charge in [0, 0.05) is 12.8 Å². The van der Waals surface area contributed by atoms with Crippen molar-refractivity contribution in [2.75, 3.05) is 26.7 Å². The zero-order valence-corrected chi connectivity index (χ0v) is 10.4. The second kappa shape index (κ2) is 4.12. The lowest BCUT2D eigenvalue weighted by atomic mass is 9.75. The number of aliphatic carboxylic acids is 1. The predicted molar refractivity (Wildman–Crippen MR) is 60.6 cm³/mol. The predicted octanol–water partition coefficient (Wildman–Crippen LogP) is 1.97. The first-order valence-electron chi connectivity index (χ1n) is 5.78. The fourth-order valence-electron chi connectivity index (χ4n) is 2.54. The summed E-state index contributed by atoms with van der Waals surface area (Å²) in [5, 5.41) is 8.84. The summed E-state index contributed by atoms with van der Waals surface area (Å²) in [5.74, 6) is 0.0733. The third-order valence-corrected chi connectivity index (χ3v) is 3.78. The van der Waals surface area contributed by atoms with E-state index in [4.69, 9.17) is 5.11 Å². The Kier molecular flexibility index (Phi) is 3.44. The van der Waals surface area contributed by atoms with E-state index < -0.39 is 5.97 Å². The topological polar surface area (TPSA) is 37.3 Å². The third kappa shape index (κ3) is 3.49. The minimum atomic E-state index is -0.674. The molecule has 0 saturated carbocycles. The van der Waals surface area contributed by atoms with Crippen LogP contribution in [0.25, 0.3) is 0 Å². The van der Waals surface area contributed by atoms with Gasteiger partial charge in [-0.2, -0.15) is 0 Å². The van der Waals surface area contributed by atoms with E-state index in [0.29, 0.717) is 9.90 Å². The van der Waals surface area contributed by atoms with Gasteiger partial charge in [0.05, 0.1) is 20.1 Å². The lowest BCUT2D eigenvalue weighted by Crippen LogP contribution is -2.53. The first-order valence-corrected chi connectivity index (χ1v) is 5.78. The number of hydrogen-bond donors (Lipinski definition) is 1. The number of likely N-dealkylation sites (tertiary alicyclic amines) is 1. The van der Waals surface area contributed by atoms with E-state index in [1.54, 1.807) is 0 Å². The summed E-state index contributed by atoms with van der Waals surface area (Å²) >= 11 is 0. The van der Waals surface area contributed by atoms with Gasteiger partial charge < -0.3 is 9.59 Å². The zero-order valence-electron chi connectivity index (χ0n) is 10.4. The summed E-state index contributed by atoms with van der Waals surface area (Å²) in [5.41, 5.74) is 0.370. The smallest absolute Gasteiger partial charge is 0.359 e. The van der Waals surface area contributed by atoms with E-state index in [1.807, 2.05) is 0 Å². The maximum absolute atomic E-state index is 10.7. The fraction of sp³-hybridized carbons (Fsp3) is 0.917. The van der Waals surface area contributed by atoms with E-state index >= 15 is 0 Å². The zero-order chi connectivity index (χ0) is 11.7. The largest absolute Gasteiger partial charge is 0.477 e. The van der Waals surface area contributed by atoms with E-state index in [9.17, 15) is 4.79 Å². The van der Waals surface area contributed by atoms with Crippen molar-refractivity contribution in [1.29, 1.82) is 0 Å². The molecule has 15 heavy (non-hydrogen) atoms. The highest BCUT2D eigenvalue weighted by Crippen LogP contribution is 2.35. The van der Waals surface area contributed by atoms with Gasteiger partial charge >= 0.3 is 5.97 Å². The number of carboxylic acid groups (broad SMARTS) is 1. The van der Waals surface area contributed by atoms with Crippen molar-refractivity contribution >= 4 is 5.97 Å². The normalized spacial score (nSPS) is 32.7. The summed E-state index contributed by atoms with van der Waals surface area (Å²) in [6.45, 7) is 9.14. The Morgan fingerprint density at radius 2 is 1.80 bits per heavy atom. The number of carbonyl (C=O) groups is 1. The fourth-order valence-corrected chi connectivity index (χ4v) is 2.54. The Balaban J connectivity index is 2.51. The number of rotatable bonds is 2. The molecule has 0 aliphatic carbocycles. The van der Waals surface area contributed by atoms with Crippen LogP contribution < -0.4 is 0 Å². The van der Waals surface area contributed by atoms with Crippen LogP contribution in [0.15, 0.2) is 0 Å². The van der Waals surface area contributed by atoms with Crippen molar-refractivity contribution in [1.82, 2.24) is 0 Å². The molecule has 0 aromatic heterocycles. The number of piperidine rings is 1. The van der Waals surface area contributed by atoms with Crippen LogP contribution in [0.3, 0.4) is 0 Å². The Hall–Kier alpha value is -0.570. The van der Waals surface area contributed by atoms with Crippen molar-refractivity contribution in [3.63, 3.8) is 0 Å². The molecular formula is C12H24NO2+. The highest BCUT2D eigenvalue weighted by Gasteiger charge is 2.36. The highest BCUT2D eigenvalue weighted by molar-refractivity contribution is 5.67. The summed E-state index contributed by atoms with van der Waals surface area (Å²) in [7, 11) is 2.06. The van der Waals surface area contributed by atoms with Crippen LogP contribution in [0.4, 0.5) is 0 Å². The monoisotopic (exact) mass is 214 g/mol. The molecule has 0 amide bonds. The lowest BCUT2D eigenvalue weighted by Gasteiger charge is -2.43. The van der Waals surface area contributed by atoms with Crippen LogP contribution in [0.5, 0.6) is 0 Å². The Labute approximate surface area is 92.7 Å². The lowest BCUT2D eigenvalue weighted by molar-refractivity contribution is -0.908. The third-order valence-electron chi connectivity index (χ3n) is 3.78. The van der Waals surface area contributed by atoms with Crippen LogP contribution in [0, 0.1) is 11.3 Å². The van der Waals surface area contributed by atoms with Gasteiger partial charge in [0.2, 0.25) is 0 Å². The number of likely N-dealkylation sites (N-methyl/N-ethyl adjacent to an activating group) is 1. The van der Waals surface area contributed by atoms with Crippen LogP contribution in [-0.2, 0) is 4.79 Å². The molecule has 1 rings (SSSR count). The molecule has 1 saturated heterocycles. The van der Waals surface area contributed by atoms with Gasteiger partial charge in [-0.05, 0) is 11.3 Å². The van der Waals surface area contributed by atoms with Crippen molar-refractivity contribution in [2.24, 2.45) is 11.3 Å². The molecule has 1 fully saturated rings. The number of hydrogen-bond acceptors (Lipinski definition) is 1. The molecule has 1 heterocycles. The molecule has 0 bridgehead atoms. The van der Waals surface area contributed by atoms with E-state index in [1.165, 1.54) is 0 Å². The molecule has 0 unspecified atom stereocenters. The minimum Gasteiger partial charge on any atom is -0.477 e.